The Hall–Kier alpha value is -2.81. The molecular weight excluding hydrogens is 370 g/mol. The largest absolute Gasteiger partial charge is 0.466 e. The summed E-state index contributed by atoms with van der Waals surface area (Å²) in [4.78, 5) is 41.2. The maximum atomic E-state index is 12.2. The van der Waals surface area contributed by atoms with E-state index in [1.54, 1.807) is 6.20 Å². The molecule has 0 spiro atoms. The van der Waals surface area contributed by atoms with E-state index in [9.17, 15) is 14.4 Å². The molecule has 2 aromatic heterocycles. The fourth-order valence-electron chi connectivity index (χ4n) is 2.64. The minimum Gasteiger partial charge on any atom is -0.466 e. The van der Waals surface area contributed by atoms with E-state index < -0.39 is 11.9 Å². The normalized spacial score (nSPS) is 15.6. The van der Waals surface area contributed by atoms with Crippen molar-refractivity contribution in [2.24, 2.45) is 0 Å². The molecule has 1 amide bonds. The standard InChI is InChI=1S/C18H19N3O5S/c1-12-5-3-6-14-19-13(10-21(12)14)18(24)26-8-4-7-20-15(22)11-27-16(20)9-17(23)25-2/h3,5-6,9-10H,4,7-8,11H2,1-2H3/b16-9+. The summed E-state index contributed by atoms with van der Waals surface area (Å²) in [6.07, 6.45) is 3.38. The molecule has 1 aliphatic heterocycles. The second-order valence-corrected chi connectivity index (χ2v) is 6.85. The zero-order valence-corrected chi connectivity index (χ0v) is 15.8. The van der Waals surface area contributed by atoms with E-state index in [-0.39, 0.29) is 24.0 Å². The summed E-state index contributed by atoms with van der Waals surface area (Å²) >= 11 is 1.28. The van der Waals surface area contributed by atoms with Crippen LogP contribution in [0.2, 0.25) is 0 Å². The first-order valence-corrected chi connectivity index (χ1v) is 9.33. The molecule has 0 aliphatic carbocycles. The molecule has 0 saturated carbocycles. The average Bonchev–Trinajstić information content (AvgIpc) is 3.24. The van der Waals surface area contributed by atoms with Crippen molar-refractivity contribution in [3.05, 3.63) is 46.9 Å². The molecule has 27 heavy (non-hydrogen) atoms. The topological polar surface area (TPSA) is 90.2 Å². The summed E-state index contributed by atoms with van der Waals surface area (Å²) < 4.78 is 11.7. The quantitative estimate of drug-likeness (QED) is 0.423. The van der Waals surface area contributed by atoms with Gasteiger partial charge in [-0.2, -0.15) is 0 Å². The van der Waals surface area contributed by atoms with Crippen LogP contribution in [0.4, 0.5) is 0 Å². The smallest absolute Gasteiger partial charge is 0.358 e. The van der Waals surface area contributed by atoms with Gasteiger partial charge >= 0.3 is 11.9 Å². The molecule has 0 radical (unpaired) electrons. The van der Waals surface area contributed by atoms with Crippen molar-refractivity contribution in [1.82, 2.24) is 14.3 Å². The number of nitrogens with zero attached hydrogens (tertiary/aromatic N) is 3. The SMILES string of the molecule is COC(=O)/C=C1/SCC(=O)N1CCCOC(=O)c1cn2c(C)cccc2n1. The van der Waals surface area contributed by atoms with Crippen LogP contribution in [-0.2, 0) is 19.1 Å². The third kappa shape index (κ3) is 4.30. The molecule has 0 bridgehead atoms. The Morgan fingerprint density at radius 3 is 2.93 bits per heavy atom. The first-order valence-electron chi connectivity index (χ1n) is 8.34. The summed E-state index contributed by atoms with van der Waals surface area (Å²) in [5.41, 5.74) is 1.89. The number of carbonyl (C=O) groups is 3. The lowest BCUT2D eigenvalue weighted by molar-refractivity contribution is -0.134. The van der Waals surface area contributed by atoms with Crippen LogP contribution in [0.25, 0.3) is 5.65 Å². The van der Waals surface area contributed by atoms with Gasteiger partial charge in [0, 0.05) is 18.4 Å². The van der Waals surface area contributed by atoms with Gasteiger partial charge in [-0.15, -0.1) is 0 Å². The molecule has 142 valence electrons. The Labute approximate surface area is 160 Å². The lowest BCUT2D eigenvalue weighted by Gasteiger charge is -2.16. The van der Waals surface area contributed by atoms with Crippen molar-refractivity contribution in [1.29, 1.82) is 0 Å². The van der Waals surface area contributed by atoms with Gasteiger partial charge in [0.15, 0.2) is 5.69 Å². The van der Waals surface area contributed by atoms with E-state index >= 15 is 0 Å². The van der Waals surface area contributed by atoms with Crippen LogP contribution in [0.3, 0.4) is 0 Å². The lowest BCUT2D eigenvalue weighted by atomic mass is 10.4. The number of methoxy groups -OCH3 is 1. The molecule has 3 rings (SSSR count). The Bertz CT molecular complexity index is 921. The first-order chi connectivity index (χ1) is 13.0. The number of esters is 2. The van der Waals surface area contributed by atoms with Gasteiger partial charge in [0.1, 0.15) is 5.65 Å². The number of hydrogen-bond donors (Lipinski definition) is 0. The molecule has 1 fully saturated rings. The summed E-state index contributed by atoms with van der Waals surface area (Å²) in [5, 5.41) is 0.550. The third-order valence-corrected chi connectivity index (χ3v) is 5.04. The number of pyridine rings is 1. The van der Waals surface area contributed by atoms with Crippen LogP contribution < -0.4 is 0 Å². The van der Waals surface area contributed by atoms with Crippen molar-refractivity contribution in [3.63, 3.8) is 0 Å². The van der Waals surface area contributed by atoms with E-state index in [0.29, 0.717) is 23.6 Å². The average molecular weight is 389 g/mol. The second kappa shape index (κ2) is 8.26. The Morgan fingerprint density at radius 2 is 2.19 bits per heavy atom. The highest BCUT2D eigenvalue weighted by molar-refractivity contribution is 8.04. The van der Waals surface area contributed by atoms with Gasteiger partial charge in [0.2, 0.25) is 5.91 Å². The zero-order chi connectivity index (χ0) is 19.4. The van der Waals surface area contributed by atoms with E-state index in [2.05, 4.69) is 9.72 Å². The Balaban J connectivity index is 1.53. The van der Waals surface area contributed by atoms with Crippen molar-refractivity contribution in [2.45, 2.75) is 13.3 Å². The number of carbonyl (C=O) groups excluding carboxylic acids is 3. The lowest BCUT2D eigenvalue weighted by Crippen LogP contribution is -2.27. The van der Waals surface area contributed by atoms with Gasteiger partial charge in [-0.1, -0.05) is 17.8 Å². The second-order valence-electron chi connectivity index (χ2n) is 5.85. The van der Waals surface area contributed by atoms with Crippen LogP contribution in [0.1, 0.15) is 22.6 Å². The molecule has 0 atom stereocenters. The van der Waals surface area contributed by atoms with Gasteiger partial charge in [-0.3, -0.25) is 4.79 Å². The number of fused-ring (bicyclic) bond motifs is 1. The number of aromatic nitrogens is 2. The van der Waals surface area contributed by atoms with Crippen LogP contribution in [0, 0.1) is 6.92 Å². The number of aryl methyl sites for hydroxylation is 1. The van der Waals surface area contributed by atoms with Crippen LogP contribution >= 0.6 is 11.8 Å². The Kier molecular flexibility index (Phi) is 5.80. The maximum Gasteiger partial charge on any atom is 0.358 e. The van der Waals surface area contributed by atoms with Gasteiger partial charge < -0.3 is 18.8 Å². The van der Waals surface area contributed by atoms with E-state index in [0.717, 1.165) is 5.69 Å². The van der Waals surface area contributed by atoms with Crippen LogP contribution in [0.5, 0.6) is 0 Å². The van der Waals surface area contributed by atoms with E-state index in [1.807, 2.05) is 29.5 Å². The number of rotatable bonds is 6. The molecule has 1 saturated heterocycles. The molecule has 0 aromatic carbocycles. The minimum absolute atomic E-state index is 0.0858. The molecule has 8 nitrogen and oxygen atoms in total. The minimum atomic E-state index is -0.509. The molecule has 2 aromatic rings. The number of amides is 1. The number of thioether (sulfide) groups is 1. The monoisotopic (exact) mass is 389 g/mol. The summed E-state index contributed by atoms with van der Waals surface area (Å²) in [5.74, 6) is -0.822. The molecule has 1 aliphatic rings. The van der Waals surface area contributed by atoms with E-state index in [1.165, 1.54) is 29.8 Å². The Morgan fingerprint density at radius 1 is 1.37 bits per heavy atom. The zero-order valence-electron chi connectivity index (χ0n) is 15.0. The van der Waals surface area contributed by atoms with Crippen molar-refractivity contribution >= 4 is 35.3 Å². The summed E-state index contributed by atoms with van der Waals surface area (Å²) in [6.45, 7) is 2.42. The van der Waals surface area contributed by atoms with Crippen molar-refractivity contribution in [2.75, 3.05) is 26.0 Å². The summed E-state index contributed by atoms with van der Waals surface area (Å²) in [6, 6.07) is 5.61. The predicted octanol–water partition coefficient (Wildman–Crippen LogP) is 1.78. The molecular formula is C18H19N3O5S. The predicted molar refractivity (Wildman–Crippen MR) is 99.1 cm³/mol. The van der Waals surface area contributed by atoms with Gasteiger partial charge in [-0.25, -0.2) is 14.6 Å². The molecule has 0 N–H and O–H groups in total. The maximum absolute atomic E-state index is 12.2. The fourth-order valence-corrected chi connectivity index (χ4v) is 3.59. The van der Waals surface area contributed by atoms with Gasteiger partial charge in [-0.05, 0) is 25.5 Å². The third-order valence-electron chi connectivity index (χ3n) is 4.02. The first kappa shape index (κ1) is 19.0. The number of ether oxygens (including phenoxy) is 2. The van der Waals surface area contributed by atoms with Crippen LogP contribution in [0.15, 0.2) is 35.5 Å². The number of hydrogen-bond acceptors (Lipinski definition) is 7. The highest BCUT2D eigenvalue weighted by Crippen LogP contribution is 2.28. The highest BCUT2D eigenvalue weighted by Gasteiger charge is 2.27. The van der Waals surface area contributed by atoms with Gasteiger partial charge in [0.05, 0.1) is 30.6 Å². The molecule has 0 unspecified atom stereocenters. The molecule has 9 heteroatoms. The van der Waals surface area contributed by atoms with Gasteiger partial charge in [0.25, 0.3) is 0 Å². The highest BCUT2D eigenvalue weighted by atomic mass is 32.2. The number of imidazole rings is 1. The van der Waals surface area contributed by atoms with E-state index in [4.69, 9.17) is 4.74 Å². The van der Waals surface area contributed by atoms with Crippen molar-refractivity contribution < 1.29 is 23.9 Å². The fraction of sp³-hybridized carbons (Fsp3) is 0.333. The summed E-state index contributed by atoms with van der Waals surface area (Å²) in [7, 11) is 1.28. The van der Waals surface area contributed by atoms with Crippen LogP contribution in [-0.4, -0.2) is 58.1 Å². The van der Waals surface area contributed by atoms with Crippen molar-refractivity contribution in [3.8, 4) is 0 Å². The molecule has 3 heterocycles.